The molecule has 0 bridgehead atoms. The zero-order chi connectivity index (χ0) is 14.8. The lowest BCUT2D eigenvalue weighted by Crippen LogP contribution is -2.50. The molecule has 21 heavy (non-hydrogen) atoms. The molecule has 0 aliphatic carbocycles. The molecule has 0 radical (unpaired) electrons. The van der Waals surface area contributed by atoms with E-state index in [1.165, 1.54) is 5.56 Å². The maximum atomic E-state index is 12.4. The summed E-state index contributed by atoms with van der Waals surface area (Å²) in [6.07, 6.45) is 0.110. The van der Waals surface area contributed by atoms with Gasteiger partial charge in [-0.05, 0) is 19.5 Å². The third-order valence-corrected chi connectivity index (χ3v) is 4.14. The molecule has 1 atom stereocenters. The summed E-state index contributed by atoms with van der Waals surface area (Å²) in [6.45, 7) is 5.44. The number of carbonyl (C=O) groups is 1. The van der Waals surface area contributed by atoms with E-state index in [2.05, 4.69) is 24.0 Å². The van der Waals surface area contributed by atoms with Gasteiger partial charge in [-0.2, -0.15) is 0 Å². The van der Waals surface area contributed by atoms with Gasteiger partial charge in [0, 0.05) is 32.6 Å². The van der Waals surface area contributed by atoms with Gasteiger partial charge in [0.2, 0.25) is 6.10 Å². The summed E-state index contributed by atoms with van der Waals surface area (Å²) in [7, 11) is 2.08. The highest BCUT2D eigenvalue weighted by atomic mass is 16.6. The van der Waals surface area contributed by atoms with Crippen molar-refractivity contribution in [2.45, 2.75) is 19.4 Å². The number of amides is 1. The molecule has 1 saturated heterocycles. The number of likely N-dealkylation sites (N-methyl/N-ethyl adjacent to an activating group) is 1. The molecule has 2 aliphatic heterocycles. The van der Waals surface area contributed by atoms with E-state index < -0.39 is 6.10 Å². The Hall–Kier alpha value is -1.88. The van der Waals surface area contributed by atoms with E-state index in [4.69, 9.17) is 4.84 Å². The Morgan fingerprint density at radius 2 is 1.86 bits per heavy atom. The molecule has 0 saturated carbocycles. The lowest BCUT2D eigenvalue weighted by atomic mass is 10.0. The summed E-state index contributed by atoms with van der Waals surface area (Å²) in [5.41, 5.74) is 3.11. The van der Waals surface area contributed by atoms with Gasteiger partial charge >= 0.3 is 0 Å². The van der Waals surface area contributed by atoms with Gasteiger partial charge in [0.05, 0.1) is 5.71 Å². The van der Waals surface area contributed by atoms with Crippen molar-refractivity contribution < 1.29 is 9.63 Å². The highest BCUT2D eigenvalue weighted by molar-refractivity contribution is 6.04. The van der Waals surface area contributed by atoms with E-state index in [0.29, 0.717) is 6.42 Å². The average Bonchev–Trinajstić information content (AvgIpc) is 2.98. The smallest absolute Gasteiger partial charge is 0.266 e. The third-order valence-electron chi connectivity index (χ3n) is 4.14. The Balaban J connectivity index is 1.60. The minimum atomic E-state index is -0.454. The molecule has 1 amide bonds. The van der Waals surface area contributed by atoms with Gasteiger partial charge in [0.15, 0.2) is 0 Å². The van der Waals surface area contributed by atoms with Crippen LogP contribution >= 0.6 is 0 Å². The van der Waals surface area contributed by atoms with Gasteiger partial charge < -0.3 is 14.6 Å². The molecule has 0 N–H and O–H groups in total. The van der Waals surface area contributed by atoms with Crippen LogP contribution < -0.4 is 0 Å². The van der Waals surface area contributed by atoms with E-state index in [0.717, 1.165) is 37.5 Å². The summed E-state index contributed by atoms with van der Waals surface area (Å²) in [5, 5.41) is 4.11. The molecule has 0 aromatic heterocycles. The van der Waals surface area contributed by atoms with Crippen molar-refractivity contribution in [2.75, 3.05) is 33.2 Å². The van der Waals surface area contributed by atoms with Crippen molar-refractivity contribution in [3.05, 3.63) is 35.4 Å². The second-order valence-electron chi connectivity index (χ2n) is 5.83. The van der Waals surface area contributed by atoms with Crippen LogP contribution in [0.4, 0.5) is 0 Å². The fourth-order valence-electron chi connectivity index (χ4n) is 2.66. The first kappa shape index (κ1) is 14.1. The molecule has 2 aliphatic rings. The molecule has 0 unspecified atom stereocenters. The number of piperazine rings is 1. The lowest BCUT2D eigenvalue weighted by Gasteiger charge is -2.33. The largest absolute Gasteiger partial charge is 0.382 e. The summed E-state index contributed by atoms with van der Waals surface area (Å²) < 4.78 is 0. The van der Waals surface area contributed by atoms with Gasteiger partial charge in [-0.1, -0.05) is 35.0 Å². The summed E-state index contributed by atoms with van der Waals surface area (Å²) in [6, 6.07) is 8.15. The van der Waals surface area contributed by atoms with Crippen LogP contribution in [0.15, 0.2) is 29.4 Å². The number of hydrogen-bond donors (Lipinski definition) is 0. The van der Waals surface area contributed by atoms with Crippen molar-refractivity contribution in [2.24, 2.45) is 5.16 Å². The van der Waals surface area contributed by atoms with Gasteiger partial charge in [-0.25, -0.2) is 0 Å². The Morgan fingerprint density at radius 3 is 2.52 bits per heavy atom. The van der Waals surface area contributed by atoms with E-state index >= 15 is 0 Å². The van der Waals surface area contributed by atoms with Crippen LogP contribution in [0.25, 0.3) is 0 Å². The fourth-order valence-corrected chi connectivity index (χ4v) is 2.66. The summed E-state index contributed by atoms with van der Waals surface area (Å²) in [5.74, 6) is 0.0639. The number of nitrogens with zero attached hydrogens (tertiary/aromatic N) is 3. The van der Waals surface area contributed by atoms with Crippen molar-refractivity contribution >= 4 is 11.6 Å². The van der Waals surface area contributed by atoms with Crippen molar-refractivity contribution in [3.8, 4) is 0 Å². The number of oxime groups is 1. The van der Waals surface area contributed by atoms with Gasteiger partial charge in [0.25, 0.3) is 5.91 Å². The Bertz CT molecular complexity index is 545. The third kappa shape index (κ3) is 3.08. The van der Waals surface area contributed by atoms with E-state index in [-0.39, 0.29) is 5.91 Å². The second-order valence-corrected chi connectivity index (χ2v) is 5.83. The highest BCUT2D eigenvalue weighted by Crippen LogP contribution is 2.19. The predicted molar refractivity (Wildman–Crippen MR) is 81.3 cm³/mol. The maximum Gasteiger partial charge on any atom is 0.266 e. The standard InChI is InChI=1S/C16H21N3O2/c1-12-3-5-13(6-4-12)14-11-15(21-17-14)16(20)19-9-7-18(2)8-10-19/h3-6,15H,7-11H2,1-2H3/t15-/m1/s1. The van der Waals surface area contributed by atoms with Crippen LogP contribution in [0.2, 0.25) is 0 Å². The van der Waals surface area contributed by atoms with Crippen LogP contribution in [-0.2, 0) is 9.63 Å². The molecule has 5 nitrogen and oxygen atoms in total. The molecule has 5 heteroatoms. The number of hydrogen-bond acceptors (Lipinski definition) is 4. The number of aryl methyl sites for hydroxylation is 1. The van der Waals surface area contributed by atoms with Gasteiger partial charge in [-0.3, -0.25) is 4.79 Å². The molecule has 1 fully saturated rings. The van der Waals surface area contributed by atoms with Crippen molar-refractivity contribution in [1.29, 1.82) is 0 Å². The average molecular weight is 287 g/mol. The van der Waals surface area contributed by atoms with Crippen LogP contribution in [-0.4, -0.2) is 60.7 Å². The quantitative estimate of drug-likeness (QED) is 0.822. The molecular formula is C16H21N3O2. The monoisotopic (exact) mass is 287 g/mol. The van der Waals surface area contributed by atoms with Crippen molar-refractivity contribution in [3.63, 3.8) is 0 Å². The van der Waals surface area contributed by atoms with Crippen molar-refractivity contribution in [1.82, 2.24) is 9.80 Å². The summed E-state index contributed by atoms with van der Waals surface area (Å²) >= 11 is 0. The SMILES string of the molecule is Cc1ccc(C2=NO[C@@H](C(=O)N3CCN(C)CC3)C2)cc1. The predicted octanol–water partition coefficient (Wildman–Crippen LogP) is 1.26. The number of rotatable bonds is 2. The van der Waals surface area contributed by atoms with E-state index in [9.17, 15) is 4.79 Å². The maximum absolute atomic E-state index is 12.4. The van der Waals surface area contributed by atoms with Crippen LogP contribution in [0.3, 0.4) is 0 Å². The Labute approximate surface area is 125 Å². The first-order valence-electron chi connectivity index (χ1n) is 7.40. The normalized spacial score (nSPS) is 22.9. The first-order valence-corrected chi connectivity index (χ1v) is 7.40. The van der Waals surface area contributed by atoms with Crippen LogP contribution in [0, 0.1) is 6.92 Å². The van der Waals surface area contributed by atoms with E-state index in [1.54, 1.807) is 0 Å². The lowest BCUT2D eigenvalue weighted by molar-refractivity contribution is -0.143. The number of carbonyl (C=O) groups excluding carboxylic acids is 1. The first-order chi connectivity index (χ1) is 10.1. The molecule has 3 rings (SSSR count). The van der Waals surface area contributed by atoms with Gasteiger partial charge in [-0.15, -0.1) is 0 Å². The zero-order valence-electron chi connectivity index (χ0n) is 12.6. The molecule has 0 spiro atoms. The van der Waals surface area contributed by atoms with Crippen LogP contribution in [0.5, 0.6) is 0 Å². The van der Waals surface area contributed by atoms with E-state index in [1.807, 2.05) is 29.2 Å². The molecule has 1 aromatic carbocycles. The molecule has 2 heterocycles. The summed E-state index contributed by atoms with van der Waals surface area (Å²) in [4.78, 5) is 21.9. The van der Waals surface area contributed by atoms with Gasteiger partial charge in [0.1, 0.15) is 0 Å². The topological polar surface area (TPSA) is 45.1 Å². The Kier molecular flexibility index (Phi) is 3.92. The number of benzene rings is 1. The fraction of sp³-hybridized carbons (Fsp3) is 0.500. The zero-order valence-corrected chi connectivity index (χ0v) is 12.6. The minimum Gasteiger partial charge on any atom is -0.382 e. The Morgan fingerprint density at radius 1 is 1.19 bits per heavy atom. The molecule has 112 valence electrons. The molecular weight excluding hydrogens is 266 g/mol. The van der Waals surface area contributed by atoms with Crippen LogP contribution in [0.1, 0.15) is 17.5 Å². The highest BCUT2D eigenvalue weighted by Gasteiger charge is 2.33. The second kappa shape index (κ2) is 5.85. The minimum absolute atomic E-state index is 0.0639. The molecule has 1 aromatic rings.